The first-order valence-electron chi connectivity index (χ1n) is 5.15. The molecule has 0 heterocycles. The second-order valence-electron chi connectivity index (χ2n) is 3.64. The average molecular weight is 202 g/mol. The Labute approximate surface area is 86.5 Å². The van der Waals surface area contributed by atoms with Gasteiger partial charge in [0.25, 0.3) is 0 Å². The fourth-order valence-electron chi connectivity index (χ4n) is 1.21. The van der Waals surface area contributed by atoms with Crippen LogP contribution in [-0.4, -0.2) is 61.2 Å². The van der Waals surface area contributed by atoms with Gasteiger partial charge in [-0.1, -0.05) is 6.92 Å². The lowest BCUT2D eigenvalue weighted by atomic mass is 10.3. The quantitative estimate of drug-likeness (QED) is 0.640. The number of nitrogens with zero attached hydrogens (tertiary/aromatic N) is 2. The molecular formula is C10H22N2O2. The van der Waals surface area contributed by atoms with E-state index >= 15 is 0 Å². The maximum Gasteiger partial charge on any atom is 0.236 e. The fourth-order valence-corrected chi connectivity index (χ4v) is 1.21. The van der Waals surface area contributed by atoms with Gasteiger partial charge in [-0.25, -0.2) is 0 Å². The number of hydrogen-bond acceptors (Lipinski definition) is 3. The summed E-state index contributed by atoms with van der Waals surface area (Å²) in [6.45, 7) is 4.45. The molecule has 84 valence electrons. The molecule has 0 aliphatic rings. The Hall–Kier alpha value is -0.610. The number of aliphatic hydroxyl groups excluding tert-OH is 1. The van der Waals surface area contributed by atoms with Crippen LogP contribution < -0.4 is 0 Å². The molecule has 0 aliphatic heterocycles. The molecule has 0 saturated carbocycles. The van der Waals surface area contributed by atoms with E-state index in [1.165, 1.54) is 0 Å². The smallest absolute Gasteiger partial charge is 0.236 e. The number of carbonyl (C=O) groups is 1. The predicted octanol–water partition coefficient (Wildman–Crippen LogP) is 0.169. The number of hydrogen-bond donors (Lipinski definition) is 1. The lowest BCUT2D eigenvalue weighted by Crippen LogP contribution is -2.37. The Bertz CT molecular complexity index is 160. The van der Waals surface area contributed by atoms with Gasteiger partial charge >= 0.3 is 0 Å². The zero-order valence-corrected chi connectivity index (χ0v) is 9.49. The second kappa shape index (κ2) is 7.76. The molecule has 0 saturated heterocycles. The van der Waals surface area contributed by atoms with Crippen LogP contribution in [0.2, 0.25) is 0 Å². The van der Waals surface area contributed by atoms with Gasteiger partial charge in [0.05, 0.1) is 6.54 Å². The van der Waals surface area contributed by atoms with Gasteiger partial charge in [0.1, 0.15) is 0 Å². The summed E-state index contributed by atoms with van der Waals surface area (Å²) in [6.07, 6.45) is 1.77. The molecule has 0 bridgehead atoms. The van der Waals surface area contributed by atoms with Crippen LogP contribution in [0.4, 0.5) is 0 Å². The maximum absolute atomic E-state index is 11.4. The van der Waals surface area contributed by atoms with Crippen molar-refractivity contribution in [3.8, 4) is 0 Å². The van der Waals surface area contributed by atoms with Gasteiger partial charge in [0.15, 0.2) is 0 Å². The molecule has 0 rings (SSSR count). The molecule has 0 atom stereocenters. The van der Waals surface area contributed by atoms with Gasteiger partial charge in [0, 0.05) is 27.2 Å². The van der Waals surface area contributed by atoms with E-state index in [1.54, 1.807) is 19.0 Å². The summed E-state index contributed by atoms with van der Waals surface area (Å²) < 4.78 is 0. The van der Waals surface area contributed by atoms with E-state index in [1.807, 2.05) is 0 Å². The molecule has 4 nitrogen and oxygen atoms in total. The second-order valence-corrected chi connectivity index (χ2v) is 3.64. The predicted molar refractivity (Wildman–Crippen MR) is 57.1 cm³/mol. The summed E-state index contributed by atoms with van der Waals surface area (Å²) in [5.41, 5.74) is 0. The van der Waals surface area contributed by atoms with Gasteiger partial charge in [-0.2, -0.15) is 0 Å². The van der Waals surface area contributed by atoms with Crippen molar-refractivity contribution in [3.63, 3.8) is 0 Å². The van der Waals surface area contributed by atoms with Crippen LogP contribution in [0.1, 0.15) is 19.8 Å². The van der Waals surface area contributed by atoms with Crippen molar-refractivity contribution < 1.29 is 9.90 Å². The third kappa shape index (κ3) is 5.94. The standard InChI is InChI=1S/C10H22N2O2/c1-4-6-12(7-5-8-13)9-10(14)11(2)3/h13H,4-9H2,1-3H3. The molecule has 4 heteroatoms. The minimum absolute atomic E-state index is 0.122. The van der Waals surface area contributed by atoms with Gasteiger partial charge in [-0.15, -0.1) is 0 Å². The highest BCUT2D eigenvalue weighted by Gasteiger charge is 2.10. The van der Waals surface area contributed by atoms with Crippen molar-refractivity contribution in [1.82, 2.24) is 9.80 Å². The minimum Gasteiger partial charge on any atom is -0.396 e. The van der Waals surface area contributed by atoms with Crippen molar-refractivity contribution in [1.29, 1.82) is 0 Å². The first kappa shape index (κ1) is 13.4. The summed E-state index contributed by atoms with van der Waals surface area (Å²) in [5, 5.41) is 8.70. The number of likely N-dealkylation sites (N-methyl/N-ethyl adjacent to an activating group) is 1. The van der Waals surface area contributed by atoms with Crippen molar-refractivity contribution in [2.75, 3.05) is 40.3 Å². The Balaban J connectivity index is 3.88. The summed E-state index contributed by atoms with van der Waals surface area (Å²) in [4.78, 5) is 15.1. The summed E-state index contributed by atoms with van der Waals surface area (Å²) in [6, 6.07) is 0. The summed E-state index contributed by atoms with van der Waals surface area (Å²) in [5.74, 6) is 0.122. The molecule has 14 heavy (non-hydrogen) atoms. The van der Waals surface area contributed by atoms with E-state index in [-0.39, 0.29) is 12.5 Å². The zero-order chi connectivity index (χ0) is 11.0. The highest BCUT2D eigenvalue weighted by atomic mass is 16.3. The van der Waals surface area contributed by atoms with E-state index in [2.05, 4.69) is 11.8 Å². The van der Waals surface area contributed by atoms with Crippen molar-refractivity contribution in [3.05, 3.63) is 0 Å². The monoisotopic (exact) mass is 202 g/mol. The summed E-state index contributed by atoms with van der Waals surface area (Å²) in [7, 11) is 3.52. The lowest BCUT2D eigenvalue weighted by molar-refractivity contribution is -0.129. The Morgan fingerprint density at radius 1 is 1.29 bits per heavy atom. The van der Waals surface area contributed by atoms with E-state index in [4.69, 9.17) is 5.11 Å². The number of carbonyl (C=O) groups excluding carboxylic acids is 1. The molecular weight excluding hydrogens is 180 g/mol. The normalized spacial score (nSPS) is 10.6. The zero-order valence-electron chi connectivity index (χ0n) is 9.49. The van der Waals surface area contributed by atoms with E-state index in [0.29, 0.717) is 6.54 Å². The molecule has 0 spiro atoms. The highest BCUT2D eigenvalue weighted by molar-refractivity contribution is 5.77. The van der Waals surface area contributed by atoms with E-state index in [0.717, 1.165) is 25.9 Å². The Morgan fingerprint density at radius 2 is 1.93 bits per heavy atom. The Morgan fingerprint density at radius 3 is 2.36 bits per heavy atom. The van der Waals surface area contributed by atoms with Gasteiger partial charge < -0.3 is 10.0 Å². The molecule has 0 unspecified atom stereocenters. The molecule has 0 aromatic heterocycles. The van der Waals surface area contributed by atoms with Crippen LogP contribution in [0.5, 0.6) is 0 Å². The third-order valence-electron chi connectivity index (χ3n) is 2.03. The molecule has 0 radical (unpaired) electrons. The first-order valence-corrected chi connectivity index (χ1v) is 5.15. The van der Waals surface area contributed by atoms with Gasteiger partial charge in [0.2, 0.25) is 5.91 Å². The van der Waals surface area contributed by atoms with Crippen molar-refractivity contribution >= 4 is 5.91 Å². The SMILES string of the molecule is CCCN(CCCO)CC(=O)N(C)C. The molecule has 0 aromatic rings. The molecule has 0 aliphatic carbocycles. The first-order chi connectivity index (χ1) is 6.61. The fraction of sp³-hybridized carbons (Fsp3) is 0.900. The van der Waals surface area contributed by atoms with Crippen molar-refractivity contribution in [2.24, 2.45) is 0 Å². The molecule has 1 N–H and O–H groups in total. The van der Waals surface area contributed by atoms with E-state index in [9.17, 15) is 4.79 Å². The highest BCUT2D eigenvalue weighted by Crippen LogP contribution is 1.95. The van der Waals surface area contributed by atoms with Crippen LogP contribution >= 0.6 is 0 Å². The van der Waals surface area contributed by atoms with E-state index < -0.39 is 0 Å². The average Bonchev–Trinajstić information content (AvgIpc) is 2.14. The van der Waals surface area contributed by atoms with Crippen LogP contribution in [-0.2, 0) is 4.79 Å². The van der Waals surface area contributed by atoms with Gasteiger partial charge in [-0.05, 0) is 19.4 Å². The largest absolute Gasteiger partial charge is 0.396 e. The van der Waals surface area contributed by atoms with Crippen LogP contribution in [0, 0.1) is 0 Å². The minimum atomic E-state index is 0.122. The van der Waals surface area contributed by atoms with Gasteiger partial charge in [-0.3, -0.25) is 9.69 Å². The topological polar surface area (TPSA) is 43.8 Å². The Kier molecular flexibility index (Phi) is 7.42. The molecule has 1 amide bonds. The lowest BCUT2D eigenvalue weighted by Gasteiger charge is -2.22. The number of amides is 1. The van der Waals surface area contributed by atoms with Crippen LogP contribution in [0.15, 0.2) is 0 Å². The molecule has 0 fully saturated rings. The van der Waals surface area contributed by atoms with Crippen molar-refractivity contribution in [2.45, 2.75) is 19.8 Å². The molecule has 0 aromatic carbocycles. The maximum atomic E-state index is 11.4. The van der Waals surface area contributed by atoms with Crippen LogP contribution in [0.3, 0.4) is 0 Å². The number of rotatable bonds is 7. The third-order valence-corrected chi connectivity index (χ3v) is 2.03. The number of aliphatic hydroxyl groups is 1. The summed E-state index contributed by atoms with van der Waals surface area (Å²) >= 11 is 0. The van der Waals surface area contributed by atoms with Crippen LogP contribution in [0.25, 0.3) is 0 Å².